The normalized spacial score (nSPS) is 19.1. The molecule has 0 spiro atoms. The molecule has 2 aliphatic rings. The highest BCUT2D eigenvalue weighted by Gasteiger charge is 2.48. The summed E-state index contributed by atoms with van der Waals surface area (Å²) in [5, 5.41) is 31.2. The summed E-state index contributed by atoms with van der Waals surface area (Å²) >= 11 is 7.03. The molecule has 9 N–H and O–H groups in total. The lowest BCUT2D eigenvalue weighted by molar-refractivity contribution is -0.134. The number of hydrogen-bond acceptors (Lipinski definition) is 23. The van der Waals surface area contributed by atoms with E-state index in [2.05, 4.69) is 30.9 Å². The van der Waals surface area contributed by atoms with Gasteiger partial charge in [0.25, 0.3) is 17.7 Å². The highest BCUT2D eigenvalue weighted by Crippen LogP contribution is 2.44. The number of nitrogens with two attached hydrogens (primary N) is 2. The number of aromatic amines is 1. The second kappa shape index (κ2) is 26.7. The van der Waals surface area contributed by atoms with Gasteiger partial charge in [0.1, 0.15) is 77.0 Å². The largest absolute Gasteiger partial charge is 0.444 e. The molecule has 0 unspecified atom stereocenters. The molecule has 2 aromatic carbocycles. The highest BCUT2D eigenvalue weighted by atomic mass is 32.1. The van der Waals surface area contributed by atoms with E-state index in [4.69, 9.17) is 46.1 Å². The fourth-order valence-corrected chi connectivity index (χ4v) is 16.1. The molecule has 2 aliphatic heterocycles. The van der Waals surface area contributed by atoms with E-state index in [1.807, 2.05) is 43.5 Å². The number of aliphatic hydroxyl groups excluding tert-OH is 1. The number of carbonyl (C=O) groups excluding carboxylic acids is 7. The number of rotatable bonds is 12. The molecule has 0 radical (unpaired) electrons. The van der Waals surface area contributed by atoms with Crippen LogP contribution in [0, 0.1) is 19.8 Å². The molecule has 10 aromatic rings. The fourth-order valence-electron chi connectivity index (χ4n) is 10.7. The molecule has 10 bridgehead atoms. The van der Waals surface area contributed by atoms with Gasteiger partial charge in [-0.2, -0.15) is 0 Å². The van der Waals surface area contributed by atoms with Gasteiger partial charge in [-0.15, -0.1) is 68.0 Å². The first-order chi connectivity index (χ1) is 43.9. The number of alkyl carbamates (subject to hydrolysis) is 1. The summed E-state index contributed by atoms with van der Waals surface area (Å²) in [5.41, 5.74) is 16.4. The minimum absolute atomic E-state index is 0.0130. The maximum absolute atomic E-state index is 15.7. The third kappa shape index (κ3) is 13.6. The molecule has 10 heterocycles. The van der Waals surface area contributed by atoms with Crippen LogP contribution in [-0.4, -0.2) is 122 Å². The lowest BCUT2D eigenvalue weighted by atomic mass is 9.90. The van der Waals surface area contributed by atoms with Gasteiger partial charge in [0.15, 0.2) is 5.78 Å². The zero-order valence-corrected chi connectivity index (χ0v) is 53.4. The van der Waals surface area contributed by atoms with Crippen LogP contribution in [0.3, 0.4) is 0 Å². The molecule has 24 nitrogen and oxygen atoms in total. The topological polar surface area (TPSA) is 359 Å². The number of benzene rings is 2. The number of fused-ring (bicyclic) bond motifs is 16. The molecular formula is C61H55N15O9S6. The monoisotopic (exact) mass is 1330 g/mol. The van der Waals surface area contributed by atoms with E-state index < -0.39 is 83.6 Å². The van der Waals surface area contributed by atoms with Crippen molar-refractivity contribution in [1.82, 2.24) is 65.7 Å². The number of nitrogens with zero attached hydrogens (tertiary/aromatic N) is 9. The van der Waals surface area contributed by atoms with E-state index in [9.17, 15) is 33.9 Å². The Kier molecular flexibility index (Phi) is 18.2. The van der Waals surface area contributed by atoms with E-state index in [0.717, 1.165) is 50.8 Å². The molecule has 6 amide bonds. The zero-order valence-electron chi connectivity index (χ0n) is 48.5. The van der Waals surface area contributed by atoms with Crippen molar-refractivity contribution in [3.05, 3.63) is 171 Å². The van der Waals surface area contributed by atoms with Gasteiger partial charge in [0.2, 0.25) is 11.8 Å². The lowest BCUT2D eigenvalue weighted by Crippen LogP contribution is -2.50. The minimum Gasteiger partial charge on any atom is -0.444 e. The number of aryl methyl sites for hydroxylation is 2. The Morgan fingerprint density at radius 3 is 2.15 bits per heavy atom. The average molecular weight is 1330 g/mol. The van der Waals surface area contributed by atoms with E-state index in [1.54, 1.807) is 77.6 Å². The summed E-state index contributed by atoms with van der Waals surface area (Å²) in [6, 6.07) is 16.6. The third-order valence-corrected chi connectivity index (χ3v) is 21.0. The molecule has 7 atom stereocenters. The van der Waals surface area contributed by atoms with Gasteiger partial charge < -0.3 is 47.1 Å². The van der Waals surface area contributed by atoms with Crippen molar-refractivity contribution in [3.8, 4) is 43.4 Å². The number of pyridine rings is 1. The number of thiazole rings is 6. The SMILES string of the molecule is Cc1ccc(C[C@@H]2NC(=O)c3csc(n3)[C@H]([C@H](O)c3ccccc3)CC(=O)c3nc(sc3C)[C@H](CC(N)=O)NC(=O)c3csc(n3)-c3ccc(-c4nc(C(N)=O)cs4)nc3-c3csc(n3)-c3csc(n3)[C@@H]3[C@@H](C)[C@@H](OC(=O)NCCc4cnc[nH]4)CN3C2=O)cc1. The quantitative estimate of drug-likeness (QED) is 0.0602. The van der Waals surface area contributed by atoms with E-state index in [0.29, 0.717) is 65.2 Å². The second-order valence-electron chi connectivity index (χ2n) is 21.7. The molecule has 464 valence electrons. The summed E-state index contributed by atoms with van der Waals surface area (Å²) in [6.45, 7) is 5.66. The smallest absolute Gasteiger partial charge is 0.407 e. The Morgan fingerprint density at radius 2 is 1.41 bits per heavy atom. The van der Waals surface area contributed by atoms with Crippen LogP contribution in [0.2, 0.25) is 0 Å². The Hall–Kier alpha value is -9.17. The highest BCUT2D eigenvalue weighted by molar-refractivity contribution is 7.15. The van der Waals surface area contributed by atoms with Crippen molar-refractivity contribution in [2.45, 2.75) is 82.7 Å². The first-order valence-electron chi connectivity index (χ1n) is 28.4. The molecular weight excluding hydrogens is 1280 g/mol. The molecule has 91 heavy (non-hydrogen) atoms. The van der Waals surface area contributed by atoms with Crippen LogP contribution in [0.1, 0.15) is 128 Å². The number of aliphatic hydroxyl groups is 1. The number of imidazole rings is 1. The van der Waals surface area contributed by atoms with Gasteiger partial charge in [0.05, 0.1) is 48.2 Å². The Bertz CT molecular complexity index is 4370. The van der Waals surface area contributed by atoms with Gasteiger partial charge in [-0.05, 0) is 37.1 Å². The zero-order chi connectivity index (χ0) is 63.6. The minimum atomic E-state index is -1.30. The number of ketones is 1. The van der Waals surface area contributed by atoms with Crippen LogP contribution in [0.15, 0.2) is 106 Å². The Labute approximate surface area is 542 Å². The summed E-state index contributed by atoms with van der Waals surface area (Å²) in [7, 11) is 0. The second-order valence-corrected chi connectivity index (χ2v) is 27.3. The van der Waals surface area contributed by atoms with Gasteiger partial charge in [-0.1, -0.05) is 67.1 Å². The Morgan fingerprint density at radius 1 is 0.725 bits per heavy atom. The van der Waals surface area contributed by atoms with Crippen LogP contribution < -0.4 is 27.4 Å². The van der Waals surface area contributed by atoms with E-state index in [-0.39, 0.29) is 65.1 Å². The summed E-state index contributed by atoms with van der Waals surface area (Å²) in [5.74, 6) is -5.39. The molecule has 1 saturated heterocycles. The number of Topliss-reactive ketones (excluding diaryl/α,β-unsaturated/α-hetero) is 1. The average Bonchev–Trinajstić information content (AvgIpc) is 1.69. The maximum atomic E-state index is 15.7. The van der Waals surface area contributed by atoms with Gasteiger partial charge >= 0.3 is 6.09 Å². The Balaban J connectivity index is 0.960. The van der Waals surface area contributed by atoms with Crippen LogP contribution in [0.4, 0.5) is 4.79 Å². The molecule has 0 aliphatic carbocycles. The van der Waals surface area contributed by atoms with Crippen molar-refractivity contribution in [2.24, 2.45) is 17.4 Å². The number of H-pyrrole nitrogens is 1. The number of hydrogen-bond donors (Lipinski definition) is 7. The summed E-state index contributed by atoms with van der Waals surface area (Å²) in [6.07, 6.45) is 0.156. The van der Waals surface area contributed by atoms with Gasteiger partial charge in [-0.25, -0.2) is 44.7 Å². The van der Waals surface area contributed by atoms with E-state index in [1.165, 1.54) is 44.8 Å². The molecule has 12 rings (SSSR count). The van der Waals surface area contributed by atoms with Crippen LogP contribution in [0.5, 0.6) is 0 Å². The van der Waals surface area contributed by atoms with Gasteiger partial charge in [0, 0.05) is 86.9 Å². The number of ether oxygens (including phenoxy) is 1. The molecule has 30 heteroatoms. The van der Waals surface area contributed by atoms with Crippen LogP contribution in [0.25, 0.3) is 43.4 Å². The van der Waals surface area contributed by atoms with Crippen LogP contribution >= 0.6 is 68.0 Å². The predicted molar refractivity (Wildman–Crippen MR) is 344 cm³/mol. The number of aromatic nitrogens is 9. The standard InChI is InChI=1S/C61H55N15O9S6/c1-28-9-11-31(12-10-28)17-38-60(83)76-21-45(85-61(84)65-16-15-33-20-64-27-66-33)29(2)49(76)59-74-43(26-90-59)57-70-39(22-88-57)48-34(13-14-36(67-48)56-71-40(23-89-56)51(63)80)54-72-41(24-86-54)52(81)68-37(19-46(62)78)58-75-47(30(3)91-58)44(77)18-35(50(79)32-7-5-4-6-8-32)55-73-42(25-87-55)53(82)69-38/h4-14,20,22-27,29,35,37-38,45,49-50,79H,15-19,21H2,1-3H3,(H2,62,78)(H2,63,80)(H,64,66)(H,65,84)(H,68,81)(H,69,82)/t29-,35-,37-,38-,45-,49-,50+/m0/s1. The number of primary amides is 2. The lowest BCUT2D eigenvalue weighted by Gasteiger charge is -2.29. The van der Waals surface area contributed by atoms with Crippen molar-refractivity contribution < 1.29 is 43.4 Å². The number of nitrogens with one attached hydrogen (secondary N) is 4. The van der Waals surface area contributed by atoms with Crippen molar-refractivity contribution in [2.75, 3.05) is 13.1 Å². The summed E-state index contributed by atoms with van der Waals surface area (Å²) < 4.78 is 6.13. The predicted octanol–water partition coefficient (Wildman–Crippen LogP) is 8.58. The summed E-state index contributed by atoms with van der Waals surface area (Å²) in [4.78, 5) is 141. The molecule has 0 saturated carbocycles. The number of carbonyl (C=O) groups is 7. The van der Waals surface area contributed by atoms with E-state index >= 15 is 4.79 Å². The molecule has 1 fully saturated rings. The maximum Gasteiger partial charge on any atom is 0.407 e. The third-order valence-electron chi connectivity index (χ3n) is 15.4. The van der Waals surface area contributed by atoms with Gasteiger partial charge in [-0.3, -0.25) is 28.8 Å². The van der Waals surface area contributed by atoms with Crippen molar-refractivity contribution >= 4 is 109 Å². The fraction of sp³-hybridized carbons (Fsp3) is 0.262. The van der Waals surface area contributed by atoms with Crippen molar-refractivity contribution in [3.63, 3.8) is 0 Å². The number of amides is 6. The first kappa shape index (κ1) is 62.0. The molecule has 8 aromatic heterocycles. The first-order valence-corrected chi connectivity index (χ1v) is 33.6. The van der Waals surface area contributed by atoms with Crippen LogP contribution in [-0.2, 0) is 27.2 Å². The van der Waals surface area contributed by atoms with Crippen molar-refractivity contribution in [1.29, 1.82) is 0 Å².